The van der Waals surface area contributed by atoms with Crippen LogP contribution >= 0.6 is 11.6 Å². The zero-order chi connectivity index (χ0) is 20.8. The second-order valence-electron chi connectivity index (χ2n) is 6.88. The number of carbonyl (C=O) groups is 2. The maximum atomic E-state index is 12.2. The van der Waals surface area contributed by atoms with Gasteiger partial charge in [-0.1, -0.05) is 29.8 Å². The predicted octanol–water partition coefficient (Wildman–Crippen LogP) is 4.10. The van der Waals surface area contributed by atoms with Crippen molar-refractivity contribution in [3.63, 3.8) is 0 Å². The number of fused-ring (bicyclic) bond motifs is 1. The molecule has 1 atom stereocenters. The summed E-state index contributed by atoms with van der Waals surface area (Å²) < 4.78 is 5.67. The number of hydrogen-bond donors (Lipinski definition) is 3. The number of carboxylic acids is 1. The summed E-state index contributed by atoms with van der Waals surface area (Å²) in [6.45, 7) is 2.26. The summed E-state index contributed by atoms with van der Waals surface area (Å²) in [4.78, 5) is 27.0. The number of nitrogens with one attached hydrogen (secondary N) is 2. The van der Waals surface area contributed by atoms with E-state index in [2.05, 4.69) is 10.3 Å². The molecule has 2 aromatic carbocycles. The minimum absolute atomic E-state index is 0.185. The van der Waals surface area contributed by atoms with E-state index in [-0.39, 0.29) is 18.7 Å². The molecule has 29 heavy (non-hydrogen) atoms. The molecule has 1 amide bonds. The molecule has 1 unspecified atom stereocenters. The number of rotatable bonds is 9. The van der Waals surface area contributed by atoms with Gasteiger partial charge in [-0.25, -0.2) is 4.79 Å². The van der Waals surface area contributed by atoms with E-state index in [1.807, 2.05) is 37.3 Å². The van der Waals surface area contributed by atoms with Crippen LogP contribution in [0.1, 0.15) is 24.0 Å². The van der Waals surface area contributed by atoms with Crippen molar-refractivity contribution in [2.24, 2.45) is 0 Å². The van der Waals surface area contributed by atoms with Gasteiger partial charge in [0, 0.05) is 35.0 Å². The molecule has 3 N–H and O–H groups in total. The Kier molecular flexibility index (Phi) is 6.77. The van der Waals surface area contributed by atoms with Crippen molar-refractivity contribution in [2.45, 2.75) is 32.2 Å². The van der Waals surface area contributed by atoms with E-state index in [0.717, 1.165) is 27.8 Å². The number of aliphatic carboxylic acids is 1. The van der Waals surface area contributed by atoms with E-state index in [4.69, 9.17) is 16.3 Å². The van der Waals surface area contributed by atoms with Crippen LogP contribution in [0, 0.1) is 6.92 Å². The van der Waals surface area contributed by atoms with Gasteiger partial charge in [0.15, 0.2) is 0 Å². The van der Waals surface area contributed by atoms with Crippen molar-refractivity contribution in [3.05, 3.63) is 64.8 Å². The number of aryl methyl sites for hydroxylation is 1. The Labute approximate surface area is 173 Å². The van der Waals surface area contributed by atoms with Crippen molar-refractivity contribution < 1.29 is 19.4 Å². The van der Waals surface area contributed by atoms with Gasteiger partial charge >= 0.3 is 5.97 Å². The fourth-order valence-electron chi connectivity index (χ4n) is 3.18. The van der Waals surface area contributed by atoms with Crippen molar-refractivity contribution in [2.75, 3.05) is 6.61 Å². The Morgan fingerprint density at radius 1 is 1.24 bits per heavy atom. The third kappa shape index (κ3) is 5.51. The molecule has 0 fully saturated rings. The van der Waals surface area contributed by atoms with Crippen LogP contribution in [0.25, 0.3) is 10.9 Å². The SMILES string of the molecule is Cc1cc(Cl)ccc1OCCCC(=O)NC(Cc1c[nH]c2ccccc12)C(=O)O. The largest absolute Gasteiger partial charge is 0.493 e. The molecule has 0 aliphatic rings. The molecule has 7 heteroatoms. The van der Waals surface area contributed by atoms with Gasteiger partial charge in [0.05, 0.1) is 6.61 Å². The molecular weight excluding hydrogens is 392 g/mol. The van der Waals surface area contributed by atoms with E-state index in [9.17, 15) is 14.7 Å². The topological polar surface area (TPSA) is 91.4 Å². The number of para-hydroxylation sites is 1. The normalized spacial score (nSPS) is 11.9. The van der Waals surface area contributed by atoms with Crippen LogP contribution in [0.15, 0.2) is 48.7 Å². The fraction of sp³-hybridized carbons (Fsp3) is 0.273. The molecule has 6 nitrogen and oxygen atoms in total. The van der Waals surface area contributed by atoms with Gasteiger partial charge in [0.2, 0.25) is 5.91 Å². The van der Waals surface area contributed by atoms with Gasteiger partial charge < -0.3 is 20.1 Å². The monoisotopic (exact) mass is 414 g/mol. The van der Waals surface area contributed by atoms with E-state index in [1.165, 1.54) is 0 Å². The molecule has 0 aliphatic carbocycles. The van der Waals surface area contributed by atoms with Crippen LogP contribution in [0.3, 0.4) is 0 Å². The summed E-state index contributed by atoms with van der Waals surface area (Å²) >= 11 is 5.92. The lowest BCUT2D eigenvalue weighted by Gasteiger charge is -2.14. The summed E-state index contributed by atoms with van der Waals surface area (Å²) in [5.41, 5.74) is 2.72. The molecular formula is C22H23ClN2O4. The van der Waals surface area contributed by atoms with Crippen LogP contribution in [-0.2, 0) is 16.0 Å². The van der Waals surface area contributed by atoms with Crippen LogP contribution in [0.2, 0.25) is 5.02 Å². The minimum Gasteiger partial charge on any atom is -0.493 e. The zero-order valence-corrected chi connectivity index (χ0v) is 16.8. The lowest BCUT2D eigenvalue weighted by atomic mass is 10.0. The first kappa shape index (κ1) is 20.7. The molecule has 0 bridgehead atoms. The van der Waals surface area contributed by atoms with Gasteiger partial charge in [-0.05, 0) is 48.7 Å². The maximum Gasteiger partial charge on any atom is 0.326 e. The van der Waals surface area contributed by atoms with Gasteiger partial charge in [0.1, 0.15) is 11.8 Å². The summed E-state index contributed by atoms with van der Waals surface area (Å²) in [5, 5.41) is 13.7. The summed E-state index contributed by atoms with van der Waals surface area (Å²) in [6.07, 6.45) is 2.66. The minimum atomic E-state index is -1.06. The Bertz CT molecular complexity index is 1010. The van der Waals surface area contributed by atoms with E-state index in [0.29, 0.717) is 18.1 Å². The number of amides is 1. The van der Waals surface area contributed by atoms with Crippen molar-refractivity contribution in [1.82, 2.24) is 10.3 Å². The number of aromatic amines is 1. The van der Waals surface area contributed by atoms with Crippen molar-refractivity contribution in [1.29, 1.82) is 0 Å². The Balaban J connectivity index is 1.50. The van der Waals surface area contributed by atoms with Crippen molar-refractivity contribution >= 4 is 34.4 Å². The summed E-state index contributed by atoms with van der Waals surface area (Å²) in [7, 11) is 0. The number of aromatic nitrogens is 1. The van der Waals surface area contributed by atoms with Gasteiger partial charge in [0.25, 0.3) is 0 Å². The lowest BCUT2D eigenvalue weighted by Crippen LogP contribution is -2.42. The Morgan fingerprint density at radius 3 is 2.79 bits per heavy atom. The predicted molar refractivity (Wildman–Crippen MR) is 112 cm³/mol. The van der Waals surface area contributed by atoms with Gasteiger partial charge in [-0.3, -0.25) is 4.79 Å². The number of hydrogen-bond acceptors (Lipinski definition) is 3. The molecule has 1 aromatic heterocycles. The van der Waals surface area contributed by atoms with Crippen LogP contribution in [0.4, 0.5) is 0 Å². The number of carboxylic acid groups (broad SMARTS) is 1. The average molecular weight is 415 g/mol. The van der Waals surface area contributed by atoms with Gasteiger partial charge in [-0.2, -0.15) is 0 Å². The summed E-state index contributed by atoms with van der Waals surface area (Å²) in [6, 6.07) is 12.0. The van der Waals surface area contributed by atoms with Crippen molar-refractivity contribution in [3.8, 4) is 5.75 Å². The first-order chi connectivity index (χ1) is 13.9. The maximum absolute atomic E-state index is 12.2. The van der Waals surface area contributed by atoms with Gasteiger partial charge in [-0.15, -0.1) is 0 Å². The van der Waals surface area contributed by atoms with E-state index < -0.39 is 12.0 Å². The number of benzene rings is 2. The second kappa shape index (κ2) is 9.47. The number of halogens is 1. The number of ether oxygens (including phenoxy) is 1. The van der Waals surface area contributed by atoms with E-state index in [1.54, 1.807) is 18.3 Å². The highest BCUT2D eigenvalue weighted by Crippen LogP contribution is 2.22. The summed E-state index contributed by atoms with van der Waals surface area (Å²) in [5.74, 6) is -0.650. The smallest absolute Gasteiger partial charge is 0.326 e. The molecule has 0 aliphatic heterocycles. The highest BCUT2D eigenvalue weighted by Gasteiger charge is 2.21. The fourth-order valence-corrected chi connectivity index (χ4v) is 3.40. The van der Waals surface area contributed by atoms with E-state index >= 15 is 0 Å². The second-order valence-corrected chi connectivity index (χ2v) is 7.32. The van der Waals surface area contributed by atoms with Crippen LogP contribution < -0.4 is 10.1 Å². The average Bonchev–Trinajstić information content (AvgIpc) is 3.09. The molecule has 3 aromatic rings. The molecule has 0 radical (unpaired) electrons. The highest BCUT2D eigenvalue weighted by atomic mass is 35.5. The molecule has 152 valence electrons. The molecule has 3 rings (SSSR count). The molecule has 0 saturated carbocycles. The molecule has 1 heterocycles. The first-order valence-electron chi connectivity index (χ1n) is 9.40. The molecule has 0 spiro atoms. The number of carbonyl (C=O) groups excluding carboxylic acids is 1. The lowest BCUT2D eigenvalue weighted by molar-refractivity contribution is -0.141. The number of H-pyrrole nitrogens is 1. The van der Waals surface area contributed by atoms with Crippen LogP contribution in [0.5, 0.6) is 5.75 Å². The zero-order valence-electron chi connectivity index (χ0n) is 16.1. The third-order valence-electron chi connectivity index (χ3n) is 4.67. The molecule has 0 saturated heterocycles. The van der Waals surface area contributed by atoms with Crippen LogP contribution in [-0.4, -0.2) is 34.6 Å². The Hall–Kier alpha value is -2.99. The Morgan fingerprint density at radius 2 is 2.03 bits per heavy atom. The first-order valence-corrected chi connectivity index (χ1v) is 9.78. The third-order valence-corrected chi connectivity index (χ3v) is 4.91. The standard InChI is InChI=1S/C22H23ClN2O4/c1-14-11-16(23)8-9-20(14)29-10-4-7-21(26)25-19(22(27)28)12-15-13-24-18-6-3-2-5-17(15)18/h2-3,5-6,8-9,11,13,19,24H,4,7,10,12H2,1H3,(H,25,26)(H,27,28). The highest BCUT2D eigenvalue weighted by molar-refractivity contribution is 6.30. The quantitative estimate of drug-likeness (QED) is 0.460.